The largest absolute Gasteiger partial charge is 0.346 e. The second-order valence-corrected chi connectivity index (χ2v) is 20.2. The van der Waals surface area contributed by atoms with Crippen LogP contribution < -0.4 is 21.3 Å². The summed E-state index contributed by atoms with van der Waals surface area (Å²) in [4.78, 5) is 75.4. The summed E-state index contributed by atoms with van der Waals surface area (Å²) in [7, 11) is -2.53. The van der Waals surface area contributed by atoms with Gasteiger partial charge in [-0.3, -0.25) is 19.2 Å². The molecule has 0 radical (unpaired) electrons. The Hall–Kier alpha value is -4.63. The number of amides is 5. The van der Waals surface area contributed by atoms with Crippen LogP contribution in [0.1, 0.15) is 71.4 Å². The lowest BCUT2D eigenvalue weighted by molar-refractivity contribution is -0.144. The zero-order chi connectivity index (χ0) is 42.2. The SMILES string of the molecule is C=CCNC(=O)C(=O)C(CC1CCC1)NC(=O)[C@@H]1[C@@H]2[C@H](CN1C(=O)[C@@H](NC(=O)N[C@H](CN(C)S(=O)(=O)c1ccccn1)C(C)(C)C)C1Cc3ccccc3C1)C2(C)C. The number of nitrogens with zero attached hydrogens (tertiary/aromatic N) is 3. The molecule has 1 aromatic heterocycles. The van der Waals surface area contributed by atoms with Crippen molar-refractivity contribution in [3.05, 3.63) is 72.4 Å². The smallest absolute Gasteiger partial charge is 0.315 e. The van der Waals surface area contributed by atoms with Gasteiger partial charge in [-0.05, 0) is 77.0 Å². The maximum atomic E-state index is 15.0. The minimum atomic E-state index is -3.97. The highest BCUT2D eigenvalue weighted by Crippen LogP contribution is 2.65. The Morgan fingerprint density at radius 1 is 1.00 bits per heavy atom. The molecule has 5 amide bonds. The Morgan fingerprint density at radius 3 is 2.22 bits per heavy atom. The number of pyridine rings is 1. The number of piperidine rings is 1. The highest BCUT2D eigenvalue weighted by molar-refractivity contribution is 7.89. The van der Waals surface area contributed by atoms with Gasteiger partial charge in [-0.2, -0.15) is 4.31 Å². The van der Waals surface area contributed by atoms with Crippen molar-refractivity contribution in [3.8, 4) is 0 Å². The van der Waals surface area contributed by atoms with Gasteiger partial charge in [0.15, 0.2) is 5.03 Å². The van der Waals surface area contributed by atoms with E-state index in [2.05, 4.69) is 46.7 Å². The predicted octanol–water partition coefficient (Wildman–Crippen LogP) is 3.23. The van der Waals surface area contributed by atoms with Crippen LogP contribution in [0, 0.1) is 34.5 Å². The van der Waals surface area contributed by atoms with Crippen molar-refractivity contribution in [2.45, 2.75) is 102 Å². The fraction of sp³-hybridized carbons (Fsp3) is 0.581. The maximum absolute atomic E-state index is 15.0. The van der Waals surface area contributed by atoms with E-state index in [1.807, 2.05) is 45.0 Å². The number of rotatable bonds is 16. The quantitative estimate of drug-likeness (QED) is 0.147. The molecule has 314 valence electrons. The van der Waals surface area contributed by atoms with Crippen LogP contribution >= 0.6 is 0 Å². The Bertz CT molecular complexity index is 1990. The Balaban J connectivity index is 1.24. The van der Waals surface area contributed by atoms with Crippen LogP contribution in [0.2, 0.25) is 0 Å². The van der Waals surface area contributed by atoms with Gasteiger partial charge in [-0.25, -0.2) is 18.2 Å². The zero-order valence-corrected chi connectivity index (χ0v) is 35.3. The maximum Gasteiger partial charge on any atom is 0.315 e. The number of ketones is 1. The third kappa shape index (κ3) is 9.00. The van der Waals surface area contributed by atoms with Crippen molar-refractivity contribution >= 4 is 39.6 Å². The summed E-state index contributed by atoms with van der Waals surface area (Å²) in [5.74, 6) is -2.67. The molecule has 2 saturated carbocycles. The normalized spacial score (nSPS) is 22.7. The number of hydrogen-bond acceptors (Lipinski definition) is 8. The number of urea groups is 1. The second-order valence-electron chi connectivity index (χ2n) is 18.3. The Kier molecular flexibility index (Phi) is 12.5. The molecule has 3 fully saturated rings. The number of Topliss-reactive ketones (excluding diaryl/α,β-unsaturated/α-hetero) is 1. The van der Waals surface area contributed by atoms with E-state index in [9.17, 15) is 27.6 Å². The van der Waals surface area contributed by atoms with E-state index in [0.29, 0.717) is 25.8 Å². The monoisotopic (exact) mass is 817 g/mol. The van der Waals surface area contributed by atoms with Gasteiger partial charge in [0.05, 0.1) is 6.04 Å². The first-order valence-electron chi connectivity index (χ1n) is 20.4. The number of fused-ring (bicyclic) bond motifs is 2. The molecule has 0 bridgehead atoms. The standard InChI is InChI=1S/C43H59N7O7S/c1-8-19-45-39(53)37(51)31(21-26-14-13-15-26)46-38(52)36-34-30(43(34,5)6)24-50(36)40(54)35(29-22-27-16-9-10-17-28(27)23-29)48-41(55)47-32(42(2,3)4)25-49(7)58(56,57)33-18-11-12-20-44-33/h8-12,16-18,20,26,29-32,34-36H,1,13-15,19,21-25H2,2-7H3,(H,45,53)(H,46,52)(H2,47,48,55)/t30-,31?,32+,34-,35-,36-/m0/s1. The molecule has 1 unspecified atom stereocenters. The molecule has 6 atom stereocenters. The van der Waals surface area contributed by atoms with E-state index in [0.717, 1.165) is 34.7 Å². The van der Waals surface area contributed by atoms with E-state index in [-0.39, 0.29) is 47.2 Å². The van der Waals surface area contributed by atoms with Crippen LogP contribution in [0.3, 0.4) is 0 Å². The molecule has 2 heterocycles. The molecular formula is C43H59N7O7S. The highest BCUT2D eigenvalue weighted by atomic mass is 32.2. The number of hydrogen-bond donors (Lipinski definition) is 4. The van der Waals surface area contributed by atoms with Gasteiger partial charge in [0.25, 0.3) is 15.9 Å². The molecule has 2 aromatic rings. The van der Waals surface area contributed by atoms with Crippen molar-refractivity contribution < 1.29 is 32.4 Å². The number of carbonyl (C=O) groups excluding carboxylic acids is 5. The van der Waals surface area contributed by atoms with E-state index < -0.39 is 69.1 Å². The average Bonchev–Trinajstić information content (AvgIpc) is 3.52. The summed E-state index contributed by atoms with van der Waals surface area (Å²) in [5.41, 5.74) is 1.32. The minimum absolute atomic E-state index is 0.0287. The average molecular weight is 818 g/mol. The van der Waals surface area contributed by atoms with Gasteiger partial charge in [0.2, 0.25) is 17.6 Å². The summed E-state index contributed by atoms with van der Waals surface area (Å²) in [6, 6.07) is 8.24. The van der Waals surface area contributed by atoms with Crippen LogP contribution in [0.5, 0.6) is 0 Å². The molecule has 14 nitrogen and oxygen atoms in total. The number of likely N-dealkylation sites (N-methyl/N-ethyl adjacent to an activating group) is 1. The zero-order valence-electron chi connectivity index (χ0n) is 34.5. The van der Waals surface area contributed by atoms with Crippen LogP contribution in [0.25, 0.3) is 0 Å². The van der Waals surface area contributed by atoms with Crippen molar-refractivity contribution in [2.75, 3.05) is 26.7 Å². The summed E-state index contributed by atoms with van der Waals surface area (Å²) >= 11 is 0. The van der Waals surface area contributed by atoms with Crippen molar-refractivity contribution in [1.82, 2.24) is 35.5 Å². The molecule has 1 saturated heterocycles. The van der Waals surface area contributed by atoms with E-state index in [1.54, 1.807) is 17.0 Å². The van der Waals surface area contributed by atoms with E-state index in [4.69, 9.17) is 0 Å². The first kappa shape index (κ1) is 43.0. The van der Waals surface area contributed by atoms with Gasteiger partial charge in [0.1, 0.15) is 12.1 Å². The van der Waals surface area contributed by atoms with Crippen LogP contribution in [0.15, 0.2) is 66.3 Å². The number of sulfonamides is 1. The lowest BCUT2D eigenvalue weighted by Crippen LogP contribution is -2.62. The number of likely N-dealkylation sites (tertiary alicyclic amines) is 1. The molecule has 4 aliphatic rings. The second kappa shape index (κ2) is 16.9. The molecule has 58 heavy (non-hydrogen) atoms. The molecule has 1 aromatic carbocycles. The topological polar surface area (TPSA) is 187 Å². The fourth-order valence-electron chi connectivity index (χ4n) is 9.05. The van der Waals surface area contributed by atoms with Crippen molar-refractivity contribution in [1.29, 1.82) is 0 Å². The van der Waals surface area contributed by atoms with Crippen LogP contribution in [-0.4, -0.2) is 103 Å². The predicted molar refractivity (Wildman–Crippen MR) is 218 cm³/mol. The molecule has 15 heteroatoms. The van der Waals surface area contributed by atoms with Crippen molar-refractivity contribution in [2.24, 2.45) is 34.5 Å². The summed E-state index contributed by atoms with van der Waals surface area (Å²) < 4.78 is 28.0. The van der Waals surface area contributed by atoms with Gasteiger partial charge >= 0.3 is 6.03 Å². The lowest BCUT2D eigenvalue weighted by atomic mass is 9.80. The van der Waals surface area contributed by atoms with Crippen molar-refractivity contribution in [3.63, 3.8) is 0 Å². The van der Waals surface area contributed by atoms with Crippen LogP contribution in [-0.2, 0) is 42.0 Å². The van der Waals surface area contributed by atoms with Crippen LogP contribution in [0.4, 0.5) is 4.79 Å². The summed E-state index contributed by atoms with van der Waals surface area (Å²) in [6.45, 7) is 13.8. The number of aromatic nitrogens is 1. The number of nitrogens with one attached hydrogen (secondary N) is 4. The Morgan fingerprint density at radius 2 is 1.66 bits per heavy atom. The first-order chi connectivity index (χ1) is 27.3. The number of carbonyl (C=O) groups is 5. The minimum Gasteiger partial charge on any atom is -0.346 e. The highest BCUT2D eigenvalue weighted by Gasteiger charge is 2.70. The third-order valence-corrected chi connectivity index (χ3v) is 14.8. The summed E-state index contributed by atoms with van der Waals surface area (Å²) in [5, 5.41) is 11.3. The number of benzene rings is 1. The van der Waals surface area contributed by atoms with Gasteiger partial charge in [-0.1, -0.05) is 90.3 Å². The lowest BCUT2D eigenvalue weighted by Gasteiger charge is -2.37. The van der Waals surface area contributed by atoms with Gasteiger partial charge in [0, 0.05) is 38.9 Å². The molecule has 3 aliphatic carbocycles. The molecular weight excluding hydrogens is 759 g/mol. The molecule has 4 N–H and O–H groups in total. The molecule has 1 aliphatic heterocycles. The summed E-state index contributed by atoms with van der Waals surface area (Å²) in [6.07, 6.45) is 7.12. The van der Waals surface area contributed by atoms with Gasteiger partial charge < -0.3 is 26.2 Å². The third-order valence-electron chi connectivity index (χ3n) is 13.0. The van der Waals surface area contributed by atoms with E-state index >= 15 is 4.79 Å². The Labute approximate surface area is 342 Å². The van der Waals surface area contributed by atoms with E-state index in [1.165, 1.54) is 25.4 Å². The molecule has 6 rings (SSSR count). The molecule has 0 spiro atoms. The van der Waals surface area contributed by atoms with Gasteiger partial charge in [-0.15, -0.1) is 6.58 Å². The first-order valence-corrected chi connectivity index (χ1v) is 21.8. The fourth-order valence-corrected chi connectivity index (χ4v) is 10.2.